The average Bonchev–Trinajstić information content (AvgIpc) is 3.21. The van der Waals surface area contributed by atoms with Gasteiger partial charge in [0, 0.05) is 23.5 Å². The Bertz CT molecular complexity index is 1080. The Morgan fingerprint density at radius 2 is 1.79 bits per heavy atom. The van der Waals surface area contributed by atoms with Gasteiger partial charge in [0.1, 0.15) is 11.6 Å². The van der Waals surface area contributed by atoms with Crippen LogP contribution in [-0.4, -0.2) is 21.9 Å². The van der Waals surface area contributed by atoms with Crippen molar-refractivity contribution in [3.63, 3.8) is 0 Å². The Balaban J connectivity index is 1.60. The number of hydrogen-bond acceptors (Lipinski definition) is 5. The average molecular weight is 372 g/mol. The van der Waals surface area contributed by atoms with E-state index in [1.54, 1.807) is 6.26 Å². The number of furan rings is 1. The van der Waals surface area contributed by atoms with Crippen molar-refractivity contribution < 1.29 is 9.21 Å². The second-order valence-corrected chi connectivity index (χ2v) is 6.56. The van der Waals surface area contributed by atoms with Crippen LogP contribution in [0, 0.1) is 0 Å². The number of amides is 1. The van der Waals surface area contributed by atoms with Crippen LogP contribution in [0.5, 0.6) is 0 Å². The summed E-state index contributed by atoms with van der Waals surface area (Å²) in [7, 11) is 0. The number of carbonyl (C=O) groups excluding carboxylic acids is 1. The summed E-state index contributed by atoms with van der Waals surface area (Å²) in [4.78, 5) is 21.7. The standard InChI is InChI=1S/C22H20N4O2/c1-15(14-17-10-7-13-28-17)23-22(27)21-25-19-12-6-5-11-18(19)20(26-21)24-16-8-3-2-4-9-16/h2-13,15H,14H2,1H3,(H,23,27)(H,24,25,26)/t15-/m1/s1. The smallest absolute Gasteiger partial charge is 0.289 e. The number of nitrogens with zero attached hydrogens (tertiary/aromatic N) is 2. The lowest BCUT2D eigenvalue weighted by atomic mass is 10.2. The molecule has 4 rings (SSSR count). The van der Waals surface area contributed by atoms with Crippen molar-refractivity contribution in [1.82, 2.24) is 15.3 Å². The molecule has 6 heteroatoms. The lowest BCUT2D eigenvalue weighted by molar-refractivity contribution is 0.0929. The molecule has 6 nitrogen and oxygen atoms in total. The first-order chi connectivity index (χ1) is 13.7. The monoisotopic (exact) mass is 372 g/mol. The van der Waals surface area contributed by atoms with E-state index in [9.17, 15) is 4.79 Å². The van der Waals surface area contributed by atoms with Gasteiger partial charge in [-0.3, -0.25) is 4.79 Å². The fourth-order valence-corrected chi connectivity index (χ4v) is 3.00. The molecule has 2 aromatic heterocycles. The third kappa shape index (κ3) is 4.01. The molecule has 0 saturated heterocycles. The van der Waals surface area contributed by atoms with Gasteiger partial charge in [0.25, 0.3) is 5.91 Å². The number of carbonyl (C=O) groups is 1. The van der Waals surface area contributed by atoms with Crippen molar-refractivity contribution >= 4 is 28.3 Å². The molecule has 1 amide bonds. The van der Waals surface area contributed by atoms with Gasteiger partial charge in [0.15, 0.2) is 0 Å². The highest BCUT2D eigenvalue weighted by molar-refractivity contribution is 5.97. The Labute approximate surface area is 162 Å². The van der Waals surface area contributed by atoms with Gasteiger partial charge in [0.05, 0.1) is 11.8 Å². The number of aromatic nitrogens is 2. The second kappa shape index (κ2) is 7.92. The molecule has 2 N–H and O–H groups in total. The van der Waals surface area contributed by atoms with Crippen LogP contribution >= 0.6 is 0 Å². The van der Waals surface area contributed by atoms with Gasteiger partial charge < -0.3 is 15.1 Å². The highest BCUT2D eigenvalue weighted by atomic mass is 16.3. The Morgan fingerprint density at radius 1 is 1.00 bits per heavy atom. The minimum Gasteiger partial charge on any atom is -0.469 e. The molecule has 0 unspecified atom stereocenters. The lowest BCUT2D eigenvalue weighted by Gasteiger charge is -2.14. The zero-order chi connectivity index (χ0) is 19.3. The third-order valence-corrected chi connectivity index (χ3v) is 4.31. The van der Waals surface area contributed by atoms with Crippen molar-refractivity contribution in [2.45, 2.75) is 19.4 Å². The van der Waals surface area contributed by atoms with Crippen LogP contribution in [0.3, 0.4) is 0 Å². The first-order valence-electron chi connectivity index (χ1n) is 9.11. The topological polar surface area (TPSA) is 80.0 Å². The van der Waals surface area contributed by atoms with Crippen LogP contribution in [0.25, 0.3) is 10.9 Å². The number of fused-ring (bicyclic) bond motifs is 1. The summed E-state index contributed by atoms with van der Waals surface area (Å²) in [5.74, 6) is 1.23. The van der Waals surface area contributed by atoms with Gasteiger partial charge in [-0.1, -0.05) is 30.3 Å². The predicted octanol–water partition coefficient (Wildman–Crippen LogP) is 4.33. The van der Waals surface area contributed by atoms with Crippen LogP contribution in [0.1, 0.15) is 23.3 Å². The van der Waals surface area contributed by atoms with E-state index in [0.29, 0.717) is 17.8 Å². The molecule has 0 saturated carbocycles. The van der Waals surface area contributed by atoms with E-state index in [1.165, 1.54) is 0 Å². The summed E-state index contributed by atoms with van der Waals surface area (Å²) >= 11 is 0. The SMILES string of the molecule is C[C@H](Cc1ccco1)NC(=O)c1nc(Nc2ccccc2)c2ccccc2n1. The van der Waals surface area contributed by atoms with Crippen molar-refractivity contribution in [3.05, 3.63) is 84.6 Å². The van der Waals surface area contributed by atoms with E-state index < -0.39 is 0 Å². The molecule has 4 aromatic rings. The summed E-state index contributed by atoms with van der Waals surface area (Å²) in [6.45, 7) is 1.92. The van der Waals surface area contributed by atoms with Gasteiger partial charge in [-0.15, -0.1) is 0 Å². The largest absolute Gasteiger partial charge is 0.469 e. The summed E-state index contributed by atoms with van der Waals surface area (Å²) in [6.07, 6.45) is 2.22. The fraction of sp³-hybridized carbons (Fsp3) is 0.136. The van der Waals surface area contributed by atoms with Gasteiger partial charge in [-0.2, -0.15) is 0 Å². The van der Waals surface area contributed by atoms with E-state index in [2.05, 4.69) is 20.6 Å². The molecule has 0 aliphatic carbocycles. The molecule has 1 atom stereocenters. The second-order valence-electron chi connectivity index (χ2n) is 6.56. The van der Waals surface area contributed by atoms with E-state index in [-0.39, 0.29) is 17.8 Å². The van der Waals surface area contributed by atoms with Crippen molar-refractivity contribution in [2.24, 2.45) is 0 Å². The Hall–Kier alpha value is -3.67. The highest BCUT2D eigenvalue weighted by Crippen LogP contribution is 2.23. The molecule has 2 heterocycles. The summed E-state index contributed by atoms with van der Waals surface area (Å²) in [6, 6.07) is 20.9. The van der Waals surface area contributed by atoms with Crippen LogP contribution in [0.15, 0.2) is 77.4 Å². The zero-order valence-electron chi connectivity index (χ0n) is 15.4. The molecule has 0 spiro atoms. The number of rotatable bonds is 6. The van der Waals surface area contributed by atoms with E-state index >= 15 is 0 Å². The Morgan fingerprint density at radius 3 is 2.57 bits per heavy atom. The van der Waals surface area contributed by atoms with Crippen molar-refractivity contribution in [2.75, 3.05) is 5.32 Å². The third-order valence-electron chi connectivity index (χ3n) is 4.31. The fourth-order valence-electron chi connectivity index (χ4n) is 3.00. The maximum absolute atomic E-state index is 12.7. The van der Waals surface area contributed by atoms with E-state index in [1.807, 2.05) is 73.7 Å². The molecular weight excluding hydrogens is 352 g/mol. The number of hydrogen-bond donors (Lipinski definition) is 2. The molecule has 0 aliphatic rings. The van der Waals surface area contributed by atoms with E-state index in [0.717, 1.165) is 16.8 Å². The zero-order valence-corrected chi connectivity index (χ0v) is 15.4. The molecule has 0 radical (unpaired) electrons. The lowest BCUT2D eigenvalue weighted by Crippen LogP contribution is -2.35. The molecule has 0 fully saturated rings. The number of nitrogens with one attached hydrogen (secondary N) is 2. The van der Waals surface area contributed by atoms with Crippen LogP contribution in [-0.2, 0) is 6.42 Å². The summed E-state index contributed by atoms with van der Waals surface area (Å²) in [5.41, 5.74) is 1.60. The van der Waals surface area contributed by atoms with Crippen LogP contribution in [0.2, 0.25) is 0 Å². The van der Waals surface area contributed by atoms with Gasteiger partial charge in [0.2, 0.25) is 5.82 Å². The molecular formula is C22H20N4O2. The number of benzene rings is 2. The Kier molecular flexibility index (Phi) is 5.01. The van der Waals surface area contributed by atoms with Crippen molar-refractivity contribution in [3.8, 4) is 0 Å². The molecule has 0 bridgehead atoms. The van der Waals surface area contributed by atoms with Crippen LogP contribution < -0.4 is 10.6 Å². The molecule has 0 aliphatic heterocycles. The molecule has 28 heavy (non-hydrogen) atoms. The van der Waals surface area contributed by atoms with Gasteiger partial charge >= 0.3 is 0 Å². The maximum Gasteiger partial charge on any atom is 0.289 e. The highest BCUT2D eigenvalue weighted by Gasteiger charge is 2.17. The first-order valence-corrected chi connectivity index (χ1v) is 9.11. The van der Waals surface area contributed by atoms with E-state index in [4.69, 9.17) is 4.42 Å². The molecule has 2 aromatic carbocycles. The maximum atomic E-state index is 12.7. The minimum absolute atomic E-state index is 0.112. The summed E-state index contributed by atoms with van der Waals surface area (Å²) < 4.78 is 5.34. The number of anilines is 2. The van der Waals surface area contributed by atoms with Crippen molar-refractivity contribution in [1.29, 1.82) is 0 Å². The van der Waals surface area contributed by atoms with Gasteiger partial charge in [-0.25, -0.2) is 9.97 Å². The molecule has 140 valence electrons. The van der Waals surface area contributed by atoms with Gasteiger partial charge in [-0.05, 0) is 43.3 Å². The quantitative estimate of drug-likeness (QED) is 0.527. The normalized spacial score (nSPS) is 11.9. The first kappa shape index (κ1) is 17.7. The summed E-state index contributed by atoms with van der Waals surface area (Å²) in [5, 5.41) is 7.08. The minimum atomic E-state index is -0.319. The number of para-hydroxylation sites is 2. The predicted molar refractivity (Wildman–Crippen MR) is 109 cm³/mol. The van der Waals surface area contributed by atoms with Crippen LogP contribution in [0.4, 0.5) is 11.5 Å².